The largest absolute Gasteiger partial charge is 0.240 e. The first-order chi connectivity index (χ1) is 7.71. The van der Waals surface area contributed by atoms with Gasteiger partial charge in [-0.2, -0.15) is 0 Å². The number of sulfonamides is 1. The van der Waals surface area contributed by atoms with Crippen LogP contribution in [0.3, 0.4) is 0 Å². The third kappa shape index (κ3) is 5.06. The Balaban J connectivity index is 2.70. The summed E-state index contributed by atoms with van der Waals surface area (Å²) in [6.07, 6.45) is 0.785. The molecule has 3 nitrogen and oxygen atoms in total. The summed E-state index contributed by atoms with van der Waals surface area (Å²) in [5.74, 6) is 0. The maximum absolute atomic E-state index is 11.9. The second kappa shape index (κ2) is 5.38. The Morgan fingerprint density at radius 1 is 1.29 bits per heavy atom. The summed E-state index contributed by atoms with van der Waals surface area (Å²) >= 11 is 5.77. The second-order valence-corrected chi connectivity index (χ2v) is 7.37. The Bertz CT molecular complexity index is 478. The molecule has 1 aromatic carbocycles. The van der Waals surface area contributed by atoms with Crippen molar-refractivity contribution in [3.63, 3.8) is 0 Å². The van der Waals surface area contributed by atoms with Crippen molar-refractivity contribution in [2.45, 2.75) is 32.1 Å². The van der Waals surface area contributed by atoms with Crippen LogP contribution in [0, 0.1) is 5.41 Å². The molecule has 1 aromatic rings. The minimum Gasteiger partial charge on any atom is -0.211 e. The van der Waals surface area contributed by atoms with Crippen LogP contribution < -0.4 is 4.72 Å². The van der Waals surface area contributed by atoms with Crippen LogP contribution in [0.4, 0.5) is 0 Å². The number of hydrogen-bond donors (Lipinski definition) is 1. The van der Waals surface area contributed by atoms with Crippen LogP contribution in [0.1, 0.15) is 27.2 Å². The van der Waals surface area contributed by atoms with E-state index in [2.05, 4.69) is 25.5 Å². The van der Waals surface area contributed by atoms with Crippen molar-refractivity contribution in [3.8, 4) is 0 Å². The fraction of sp³-hybridized carbons (Fsp3) is 0.500. The molecular formula is C12H18ClNO2S. The summed E-state index contributed by atoms with van der Waals surface area (Å²) in [5, 5.41) is 0.420. The monoisotopic (exact) mass is 275 g/mol. The number of benzene rings is 1. The SMILES string of the molecule is CC(C)(C)CCNS(=O)(=O)c1cccc(Cl)c1. The molecular weight excluding hydrogens is 258 g/mol. The molecule has 0 aliphatic carbocycles. The molecule has 0 bridgehead atoms. The topological polar surface area (TPSA) is 46.2 Å². The highest BCUT2D eigenvalue weighted by molar-refractivity contribution is 7.89. The van der Waals surface area contributed by atoms with Crippen molar-refractivity contribution in [2.75, 3.05) is 6.54 Å². The van der Waals surface area contributed by atoms with Crippen LogP contribution >= 0.6 is 11.6 Å². The normalized spacial score (nSPS) is 12.7. The zero-order chi connectivity index (χ0) is 13.1. The first kappa shape index (κ1) is 14.5. The second-order valence-electron chi connectivity index (χ2n) is 5.17. The molecule has 0 aromatic heterocycles. The van der Waals surface area contributed by atoms with E-state index in [1.54, 1.807) is 12.1 Å². The molecule has 0 saturated heterocycles. The van der Waals surface area contributed by atoms with Gasteiger partial charge in [0.25, 0.3) is 0 Å². The molecule has 0 unspecified atom stereocenters. The Morgan fingerprint density at radius 3 is 2.47 bits per heavy atom. The molecule has 0 saturated carbocycles. The van der Waals surface area contributed by atoms with Crippen molar-refractivity contribution in [2.24, 2.45) is 5.41 Å². The third-order valence-corrected chi connectivity index (χ3v) is 3.97. The van der Waals surface area contributed by atoms with Crippen molar-refractivity contribution in [1.82, 2.24) is 4.72 Å². The lowest BCUT2D eigenvalue weighted by Crippen LogP contribution is -2.27. The fourth-order valence-electron chi connectivity index (χ4n) is 1.28. The van der Waals surface area contributed by atoms with Crippen LogP contribution in [0.5, 0.6) is 0 Å². The van der Waals surface area contributed by atoms with Gasteiger partial charge < -0.3 is 0 Å². The zero-order valence-corrected chi connectivity index (χ0v) is 11.9. The fourth-order valence-corrected chi connectivity index (χ4v) is 2.61. The molecule has 0 fully saturated rings. The van der Waals surface area contributed by atoms with Gasteiger partial charge in [-0.1, -0.05) is 38.4 Å². The van der Waals surface area contributed by atoms with Crippen molar-refractivity contribution in [1.29, 1.82) is 0 Å². The summed E-state index contributed by atoms with van der Waals surface area (Å²) in [7, 11) is -3.44. The number of halogens is 1. The molecule has 0 radical (unpaired) electrons. The van der Waals surface area contributed by atoms with Gasteiger partial charge in [0.05, 0.1) is 4.90 Å². The smallest absolute Gasteiger partial charge is 0.211 e. The Labute approximate surface area is 108 Å². The van der Waals surface area contributed by atoms with E-state index < -0.39 is 10.0 Å². The van der Waals surface area contributed by atoms with Crippen molar-refractivity contribution >= 4 is 21.6 Å². The van der Waals surface area contributed by atoms with E-state index in [0.29, 0.717) is 11.6 Å². The van der Waals surface area contributed by atoms with Gasteiger partial charge in [-0.05, 0) is 30.0 Å². The predicted molar refractivity (Wildman–Crippen MR) is 70.7 cm³/mol. The van der Waals surface area contributed by atoms with Crippen molar-refractivity contribution in [3.05, 3.63) is 29.3 Å². The van der Waals surface area contributed by atoms with E-state index in [9.17, 15) is 8.42 Å². The van der Waals surface area contributed by atoms with E-state index >= 15 is 0 Å². The molecule has 5 heteroatoms. The van der Waals surface area contributed by atoms with Crippen LogP contribution in [-0.2, 0) is 10.0 Å². The molecule has 96 valence electrons. The summed E-state index contributed by atoms with van der Waals surface area (Å²) in [5.41, 5.74) is 0.108. The zero-order valence-electron chi connectivity index (χ0n) is 10.3. The molecule has 0 aliphatic rings. The summed E-state index contributed by atoms with van der Waals surface area (Å²) < 4.78 is 26.4. The van der Waals surface area contributed by atoms with Gasteiger partial charge >= 0.3 is 0 Å². The van der Waals surface area contributed by atoms with Crippen LogP contribution in [0.25, 0.3) is 0 Å². The van der Waals surface area contributed by atoms with E-state index in [1.165, 1.54) is 12.1 Å². The van der Waals surface area contributed by atoms with Crippen molar-refractivity contribution < 1.29 is 8.42 Å². The van der Waals surface area contributed by atoms with E-state index in [1.807, 2.05) is 0 Å². The summed E-state index contributed by atoms with van der Waals surface area (Å²) in [6.45, 7) is 6.64. The third-order valence-electron chi connectivity index (χ3n) is 2.27. The van der Waals surface area contributed by atoms with Gasteiger partial charge in [0.15, 0.2) is 0 Å². The van der Waals surface area contributed by atoms with Gasteiger partial charge in [0, 0.05) is 11.6 Å². The highest BCUT2D eigenvalue weighted by Gasteiger charge is 2.16. The molecule has 0 aliphatic heterocycles. The Morgan fingerprint density at radius 2 is 1.94 bits per heavy atom. The van der Waals surface area contributed by atoms with Gasteiger partial charge in [-0.25, -0.2) is 13.1 Å². The van der Waals surface area contributed by atoms with Crippen LogP contribution in [0.15, 0.2) is 29.2 Å². The average molecular weight is 276 g/mol. The van der Waals surface area contributed by atoms with Gasteiger partial charge in [0.2, 0.25) is 10.0 Å². The molecule has 0 atom stereocenters. The maximum atomic E-state index is 11.9. The lowest BCUT2D eigenvalue weighted by molar-refractivity contribution is 0.378. The first-order valence-electron chi connectivity index (χ1n) is 5.46. The quantitative estimate of drug-likeness (QED) is 0.918. The minimum atomic E-state index is -3.44. The molecule has 1 N–H and O–H groups in total. The maximum Gasteiger partial charge on any atom is 0.240 e. The first-order valence-corrected chi connectivity index (χ1v) is 7.32. The average Bonchev–Trinajstić information content (AvgIpc) is 2.15. The Kier molecular flexibility index (Phi) is 4.58. The van der Waals surface area contributed by atoms with Gasteiger partial charge in [-0.3, -0.25) is 0 Å². The number of rotatable bonds is 4. The van der Waals surface area contributed by atoms with Gasteiger partial charge in [-0.15, -0.1) is 0 Å². The molecule has 1 rings (SSSR count). The molecule has 0 amide bonds. The van der Waals surface area contributed by atoms with E-state index in [4.69, 9.17) is 11.6 Å². The number of nitrogens with one attached hydrogen (secondary N) is 1. The number of hydrogen-bond acceptors (Lipinski definition) is 2. The molecule has 0 heterocycles. The summed E-state index contributed by atoms with van der Waals surface area (Å²) in [4.78, 5) is 0.207. The lowest BCUT2D eigenvalue weighted by Gasteiger charge is -2.18. The molecule has 0 spiro atoms. The minimum absolute atomic E-state index is 0.108. The van der Waals surface area contributed by atoms with Gasteiger partial charge in [0.1, 0.15) is 0 Å². The lowest BCUT2D eigenvalue weighted by atomic mass is 9.93. The van der Waals surface area contributed by atoms with E-state index in [-0.39, 0.29) is 10.3 Å². The molecule has 17 heavy (non-hydrogen) atoms. The highest BCUT2D eigenvalue weighted by atomic mass is 35.5. The van der Waals surface area contributed by atoms with Crippen LogP contribution in [-0.4, -0.2) is 15.0 Å². The predicted octanol–water partition coefficient (Wildman–Crippen LogP) is 3.05. The summed E-state index contributed by atoms with van der Waals surface area (Å²) in [6, 6.07) is 6.25. The van der Waals surface area contributed by atoms with E-state index in [0.717, 1.165) is 6.42 Å². The van der Waals surface area contributed by atoms with Crippen LogP contribution in [0.2, 0.25) is 5.02 Å². The Hall–Kier alpha value is -0.580. The standard InChI is InChI=1S/C12H18ClNO2S/c1-12(2,3)7-8-14-17(15,16)11-6-4-5-10(13)9-11/h4-6,9,14H,7-8H2,1-3H3. The highest BCUT2D eigenvalue weighted by Crippen LogP contribution is 2.19.